The lowest BCUT2D eigenvalue weighted by molar-refractivity contribution is 0.0946. The summed E-state index contributed by atoms with van der Waals surface area (Å²) in [5.74, 6) is -0.107. The fraction of sp³-hybridized carbons (Fsp3) is 0.0769. The Morgan fingerprint density at radius 3 is 3.11 bits per heavy atom. The van der Waals surface area contributed by atoms with Gasteiger partial charge in [-0.25, -0.2) is 0 Å². The van der Waals surface area contributed by atoms with Crippen LogP contribution in [0.1, 0.15) is 16.2 Å². The van der Waals surface area contributed by atoms with Gasteiger partial charge in [0.2, 0.25) is 0 Å². The Morgan fingerprint density at radius 2 is 2.33 bits per heavy atom. The third kappa shape index (κ3) is 2.12. The highest BCUT2D eigenvalue weighted by molar-refractivity contribution is 7.17. The average molecular weight is 257 g/mol. The van der Waals surface area contributed by atoms with Crippen molar-refractivity contribution in [2.75, 3.05) is 0 Å². The number of rotatable bonds is 3. The van der Waals surface area contributed by atoms with Gasteiger partial charge in [-0.3, -0.25) is 9.78 Å². The fourth-order valence-electron chi connectivity index (χ4n) is 1.74. The number of carbonyl (C=O) groups is 1. The topological polar surface area (TPSA) is 57.8 Å². The number of aromatic amines is 1. The van der Waals surface area contributed by atoms with E-state index in [4.69, 9.17) is 0 Å². The van der Waals surface area contributed by atoms with Gasteiger partial charge < -0.3 is 10.3 Å². The fourth-order valence-corrected chi connectivity index (χ4v) is 2.52. The Labute approximate surface area is 108 Å². The lowest BCUT2D eigenvalue weighted by Crippen LogP contribution is -2.23. The maximum absolute atomic E-state index is 11.9. The highest BCUT2D eigenvalue weighted by atomic mass is 32.1. The minimum atomic E-state index is -0.107. The van der Waals surface area contributed by atoms with E-state index in [0.717, 1.165) is 15.9 Å². The number of fused-ring (bicyclic) bond motifs is 1. The first kappa shape index (κ1) is 11.0. The van der Waals surface area contributed by atoms with Gasteiger partial charge >= 0.3 is 0 Å². The Balaban J connectivity index is 1.70. The molecule has 0 radical (unpaired) electrons. The second-order valence-electron chi connectivity index (χ2n) is 3.89. The number of hydrogen-bond acceptors (Lipinski definition) is 3. The predicted molar refractivity (Wildman–Crippen MR) is 71.6 cm³/mol. The monoisotopic (exact) mass is 257 g/mol. The van der Waals surface area contributed by atoms with E-state index in [1.807, 2.05) is 35.7 Å². The zero-order valence-electron chi connectivity index (χ0n) is 9.51. The van der Waals surface area contributed by atoms with E-state index in [-0.39, 0.29) is 5.91 Å². The first-order chi connectivity index (χ1) is 8.83. The van der Waals surface area contributed by atoms with Crippen LogP contribution in [0.25, 0.3) is 10.2 Å². The van der Waals surface area contributed by atoms with Gasteiger partial charge in [0.05, 0.1) is 22.5 Å². The van der Waals surface area contributed by atoms with Crippen LogP contribution >= 0.6 is 11.3 Å². The third-order valence-corrected chi connectivity index (χ3v) is 3.50. The number of aromatic nitrogens is 2. The molecule has 3 rings (SSSR count). The van der Waals surface area contributed by atoms with Crippen molar-refractivity contribution in [3.63, 3.8) is 0 Å². The number of pyridine rings is 1. The molecular weight excluding hydrogens is 246 g/mol. The number of hydrogen-bond donors (Lipinski definition) is 2. The molecule has 0 aliphatic heterocycles. The molecular formula is C13H11N3OS. The van der Waals surface area contributed by atoms with Crippen LogP contribution in [0.5, 0.6) is 0 Å². The van der Waals surface area contributed by atoms with Crippen LogP contribution in [-0.4, -0.2) is 15.9 Å². The summed E-state index contributed by atoms with van der Waals surface area (Å²) in [6, 6.07) is 9.47. The highest BCUT2D eigenvalue weighted by Crippen LogP contribution is 2.21. The van der Waals surface area contributed by atoms with Crippen molar-refractivity contribution in [2.24, 2.45) is 0 Å². The molecule has 0 fully saturated rings. The van der Waals surface area contributed by atoms with Crippen molar-refractivity contribution in [1.82, 2.24) is 15.3 Å². The minimum absolute atomic E-state index is 0.107. The molecule has 5 heteroatoms. The van der Waals surface area contributed by atoms with E-state index in [2.05, 4.69) is 15.3 Å². The lowest BCUT2D eigenvalue weighted by Gasteiger charge is -2.02. The van der Waals surface area contributed by atoms with Gasteiger partial charge in [0.1, 0.15) is 5.69 Å². The standard InChI is InChI=1S/C13H11N3OS/c17-13(15-8-9-3-1-2-5-14-9)11-7-12-10(16-11)4-6-18-12/h1-7,16H,8H2,(H,15,17). The first-order valence-corrected chi connectivity index (χ1v) is 6.45. The van der Waals surface area contributed by atoms with Crippen LogP contribution in [0.15, 0.2) is 41.9 Å². The van der Waals surface area contributed by atoms with Crippen molar-refractivity contribution in [1.29, 1.82) is 0 Å². The molecule has 3 aromatic rings. The minimum Gasteiger partial charge on any atom is -0.350 e. The molecule has 0 unspecified atom stereocenters. The second kappa shape index (κ2) is 4.62. The molecule has 90 valence electrons. The Morgan fingerprint density at radius 1 is 1.39 bits per heavy atom. The van der Waals surface area contributed by atoms with Gasteiger partial charge in [-0.2, -0.15) is 0 Å². The molecule has 3 heterocycles. The zero-order chi connectivity index (χ0) is 12.4. The van der Waals surface area contributed by atoms with Gasteiger partial charge in [-0.05, 0) is 29.6 Å². The number of H-pyrrole nitrogens is 1. The Bertz CT molecular complexity index is 643. The predicted octanol–water partition coefficient (Wildman–Crippen LogP) is 2.55. The van der Waals surface area contributed by atoms with Crippen LogP contribution in [-0.2, 0) is 6.54 Å². The van der Waals surface area contributed by atoms with E-state index in [0.29, 0.717) is 12.2 Å². The van der Waals surface area contributed by atoms with E-state index in [1.54, 1.807) is 17.5 Å². The molecule has 3 aromatic heterocycles. The lowest BCUT2D eigenvalue weighted by atomic mass is 10.3. The maximum Gasteiger partial charge on any atom is 0.268 e. The summed E-state index contributed by atoms with van der Waals surface area (Å²) in [6.07, 6.45) is 1.71. The summed E-state index contributed by atoms with van der Waals surface area (Å²) in [7, 11) is 0. The Hall–Kier alpha value is -2.14. The number of nitrogens with zero attached hydrogens (tertiary/aromatic N) is 1. The summed E-state index contributed by atoms with van der Waals surface area (Å²) in [6.45, 7) is 0.437. The van der Waals surface area contributed by atoms with Gasteiger partial charge in [0.15, 0.2) is 0 Å². The molecule has 0 aliphatic carbocycles. The van der Waals surface area contributed by atoms with E-state index in [1.165, 1.54) is 0 Å². The molecule has 0 saturated heterocycles. The van der Waals surface area contributed by atoms with Crippen molar-refractivity contribution in [2.45, 2.75) is 6.54 Å². The smallest absolute Gasteiger partial charge is 0.268 e. The highest BCUT2D eigenvalue weighted by Gasteiger charge is 2.09. The summed E-state index contributed by atoms with van der Waals surface area (Å²) in [5.41, 5.74) is 2.44. The quantitative estimate of drug-likeness (QED) is 0.757. The van der Waals surface area contributed by atoms with Crippen molar-refractivity contribution >= 4 is 27.5 Å². The van der Waals surface area contributed by atoms with Crippen LogP contribution < -0.4 is 5.32 Å². The molecule has 4 nitrogen and oxygen atoms in total. The van der Waals surface area contributed by atoms with Crippen LogP contribution in [0.2, 0.25) is 0 Å². The van der Waals surface area contributed by atoms with Gasteiger partial charge in [0.25, 0.3) is 5.91 Å². The number of carbonyl (C=O) groups excluding carboxylic acids is 1. The molecule has 0 aliphatic rings. The van der Waals surface area contributed by atoms with Crippen LogP contribution in [0.3, 0.4) is 0 Å². The second-order valence-corrected chi connectivity index (χ2v) is 4.83. The summed E-state index contributed by atoms with van der Waals surface area (Å²) < 4.78 is 1.10. The Kier molecular flexibility index (Phi) is 2.82. The number of amides is 1. The first-order valence-electron chi connectivity index (χ1n) is 5.57. The molecule has 2 N–H and O–H groups in total. The molecule has 0 saturated carbocycles. The summed E-state index contributed by atoms with van der Waals surface area (Å²) >= 11 is 1.62. The molecule has 18 heavy (non-hydrogen) atoms. The summed E-state index contributed by atoms with van der Waals surface area (Å²) in [4.78, 5) is 19.2. The normalized spacial score (nSPS) is 10.7. The van der Waals surface area contributed by atoms with Crippen molar-refractivity contribution in [3.05, 3.63) is 53.3 Å². The number of thiophene rings is 1. The van der Waals surface area contributed by atoms with Gasteiger partial charge in [0, 0.05) is 6.20 Å². The number of nitrogens with one attached hydrogen (secondary N) is 2. The van der Waals surface area contributed by atoms with Crippen molar-refractivity contribution in [3.8, 4) is 0 Å². The average Bonchev–Trinajstić information content (AvgIpc) is 2.98. The molecule has 0 aromatic carbocycles. The molecule has 0 spiro atoms. The zero-order valence-corrected chi connectivity index (χ0v) is 10.3. The maximum atomic E-state index is 11.9. The van der Waals surface area contributed by atoms with Gasteiger partial charge in [-0.1, -0.05) is 6.07 Å². The van der Waals surface area contributed by atoms with E-state index in [9.17, 15) is 4.79 Å². The van der Waals surface area contributed by atoms with E-state index < -0.39 is 0 Å². The summed E-state index contributed by atoms with van der Waals surface area (Å²) in [5, 5.41) is 4.83. The third-order valence-electron chi connectivity index (χ3n) is 2.64. The molecule has 1 amide bonds. The molecule has 0 atom stereocenters. The van der Waals surface area contributed by atoms with Crippen LogP contribution in [0.4, 0.5) is 0 Å². The van der Waals surface area contributed by atoms with Crippen LogP contribution in [0, 0.1) is 0 Å². The largest absolute Gasteiger partial charge is 0.350 e. The van der Waals surface area contributed by atoms with Crippen molar-refractivity contribution < 1.29 is 4.79 Å². The molecule has 0 bridgehead atoms. The van der Waals surface area contributed by atoms with E-state index >= 15 is 0 Å². The van der Waals surface area contributed by atoms with Gasteiger partial charge in [-0.15, -0.1) is 11.3 Å². The SMILES string of the molecule is O=C(NCc1ccccn1)c1cc2sccc2[nH]1.